The molecule has 1 unspecified atom stereocenters. The lowest BCUT2D eigenvalue weighted by Gasteiger charge is -2.31. The zero-order valence-corrected chi connectivity index (χ0v) is 9.92. The van der Waals surface area contributed by atoms with E-state index in [4.69, 9.17) is 0 Å². The average Bonchev–Trinajstić information content (AvgIpc) is 2.30. The van der Waals surface area contributed by atoms with Crippen molar-refractivity contribution in [2.24, 2.45) is 0 Å². The summed E-state index contributed by atoms with van der Waals surface area (Å²) >= 11 is 0. The number of rotatable bonds is 1. The summed E-state index contributed by atoms with van der Waals surface area (Å²) in [7, 11) is 0. The predicted octanol–water partition coefficient (Wildman–Crippen LogP) is 2.81. The van der Waals surface area contributed by atoms with E-state index in [0.29, 0.717) is 5.57 Å². The van der Waals surface area contributed by atoms with Crippen LogP contribution < -0.4 is 4.90 Å². The fourth-order valence-electron chi connectivity index (χ4n) is 1.92. The Morgan fingerprint density at radius 3 is 2.53 bits per heavy atom. The second-order valence-corrected chi connectivity index (χ2v) is 4.11. The minimum Gasteiger partial charge on any atom is -0.512 e. The van der Waals surface area contributed by atoms with E-state index in [0.717, 1.165) is 5.69 Å². The molecule has 3 heteroatoms. The monoisotopic (exact) mass is 229 g/mol. The molecule has 1 aliphatic rings. The Balaban J connectivity index is 2.45. The molecular formula is C14H15NO2. The number of benzene rings is 1. The van der Waals surface area contributed by atoms with Crippen LogP contribution in [0.25, 0.3) is 0 Å². The summed E-state index contributed by atoms with van der Waals surface area (Å²) in [5.41, 5.74) is 1.19. The van der Waals surface area contributed by atoms with Gasteiger partial charge in [0.1, 0.15) is 5.76 Å². The second kappa shape index (κ2) is 4.45. The van der Waals surface area contributed by atoms with Gasteiger partial charge in [-0.25, -0.2) is 0 Å². The first-order chi connectivity index (χ1) is 8.11. The summed E-state index contributed by atoms with van der Waals surface area (Å²) in [5.74, 6) is -0.106. The summed E-state index contributed by atoms with van der Waals surface area (Å²) < 4.78 is 0. The Kier molecular flexibility index (Phi) is 3.00. The van der Waals surface area contributed by atoms with Crippen LogP contribution in [0.15, 0.2) is 53.8 Å². The number of aliphatic hydroxyl groups excluding tert-OH is 1. The van der Waals surface area contributed by atoms with Crippen molar-refractivity contribution in [3.63, 3.8) is 0 Å². The first-order valence-corrected chi connectivity index (χ1v) is 5.58. The fraction of sp³-hybridized carbons (Fsp3) is 0.214. The first-order valence-electron chi connectivity index (χ1n) is 5.58. The van der Waals surface area contributed by atoms with Gasteiger partial charge < -0.3 is 10.0 Å². The summed E-state index contributed by atoms with van der Waals surface area (Å²) in [6, 6.07) is 9.46. The number of nitrogens with zero attached hydrogens (tertiary/aromatic N) is 1. The van der Waals surface area contributed by atoms with Crippen molar-refractivity contribution in [1.82, 2.24) is 0 Å². The maximum Gasteiger partial charge on any atom is 0.262 e. The van der Waals surface area contributed by atoms with Gasteiger partial charge in [-0.1, -0.05) is 24.3 Å². The molecule has 1 aliphatic heterocycles. The molecule has 1 aromatic carbocycles. The van der Waals surface area contributed by atoms with Crippen molar-refractivity contribution in [3.8, 4) is 0 Å². The Hall–Kier alpha value is -2.03. The molecule has 0 bridgehead atoms. The Labute approximate surface area is 101 Å². The van der Waals surface area contributed by atoms with Gasteiger partial charge in [0.15, 0.2) is 0 Å². The number of carbonyl (C=O) groups is 1. The second-order valence-electron chi connectivity index (χ2n) is 4.11. The molecule has 1 atom stereocenters. The van der Waals surface area contributed by atoms with Crippen LogP contribution in [0.3, 0.4) is 0 Å². The minimum atomic E-state index is -0.161. The highest BCUT2D eigenvalue weighted by Crippen LogP contribution is 2.24. The normalized spacial score (nSPS) is 22.8. The average molecular weight is 229 g/mol. The highest BCUT2D eigenvalue weighted by molar-refractivity contribution is 6.09. The van der Waals surface area contributed by atoms with Crippen LogP contribution >= 0.6 is 0 Å². The van der Waals surface area contributed by atoms with Crippen LogP contribution in [-0.2, 0) is 4.79 Å². The molecule has 2 rings (SSSR count). The molecule has 0 aliphatic carbocycles. The quantitative estimate of drug-likeness (QED) is 0.594. The van der Waals surface area contributed by atoms with Crippen molar-refractivity contribution in [2.75, 3.05) is 4.90 Å². The topological polar surface area (TPSA) is 40.5 Å². The van der Waals surface area contributed by atoms with Gasteiger partial charge in [0.2, 0.25) is 0 Å². The number of carbonyl (C=O) groups excluding carboxylic acids is 1. The Bertz CT molecular complexity index is 484. The Morgan fingerprint density at radius 2 is 1.94 bits per heavy atom. The van der Waals surface area contributed by atoms with Gasteiger partial charge in [-0.15, -0.1) is 0 Å². The summed E-state index contributed by atoms with van der Waals surface area (Å²) in [6.45, 7) is 3.47. The highest BCUT2D eigenvalue weighted by atomic mass is 16.3. The van der Waals surface area contributed by atoms with Crippen LogP contribution in [0.2, 0.25) is 0 Å². The van der Waals surface area contributed by atoms with E-state index in [2.05, 4.69) is 0 Å². The van der Waals surface area contributed by atoms with Crippen LogP contribution in [0, 0.1) is 0 Å². The van der Waals surface area contributed by atoms with E-state index in [1.165, 1.54) is 6.92 Å². The molecule has 17 heavy (non-hydrogen) atoms. The highest BCUT2D eigenvalue weighted by Gasteiger charge is 2.27. The molecule has 1 heterocycles. The lowest BCUT2D eigenvalue weighted by Crippen LogP contribution is -2.41. The molecule has 3 nitrogen and oxygen atoms in total. The molecular weight excluding hydrogens is 214 g/mol. The van der Waals surface area contributed by atoms with E-state index in [-0.39, 0.29) is 17.7 Å². The standard InChI is InChI=1S/C14H15NO2/c1-10-8-9-13(11(2)16)14(17)15(10)12-6-4-3-5-7-12/h3-10,16H,1-2H3/b13-11-. The third kappa shape index (κ3) is 2.09. The van der Waals surface area contributed by atoms with Gasteiger partial charge in [-0.3, -0.25) is 4.79 Å². The van der Waals surface area contributed by atoms with Crippen molar-refractivity contribution in [1.29, 1.82) is 0 Å². The number of anilines is 1. The van der Waals surface area contributed by atoms with E-state index in [1.54, 1.807) is 11.0 Å². The number of aliphatic hydroxyl groups is 1. The van der Waals surface area contributed by atoms with Crippen molar-refractivity contribution >= 4 is 11.6 Å². The van der Waals surface area contributed by atoms with E-state index < -0.39 is 0 Å². The van der Waals surface area contributed by atoms with Crippen LogP contribution in [-0.4, -0.2) is 17.1 Å². The molecule has 0 saturated carbocycles. The summed E-state index contributed by atoms with van der Waals surface area (Å²) in [6.07, 6.45) is 3.59. The van der Waals surface area contributed by atoms with Gasteiger partial charge in [-0.05, 0) is 32.1 Å². The molecule has 1 aromatic rings. The van der Waals surface area contributed by atoms with Gasteiger partial charge >= 0.3 is 0 Å². The molecule has 1 amide bonds. The summed E-state index contributed by atoms with van der Waals surface area (Å²) in [5, 5.41) is 9.48. The molecule has 88 valence electrons. The Morgan fingerprint density at radius 1 is 1.29 bits per heavy atom. The molecule has 0 radical (unpaired) electrons. The smallest absolute Gasteiger partial charge is 0.262 e. The fourth-order valence-corrected chi connectivity index (χ4v) is 1.92. The SMILES string of the molecule is C/C(O)=C1\C=CC(C)N(c2ccccc2)C1=O. The molecule has 0 saturated heterocycles. The zero-order valence-electron chi connectivity index (χ0n) is 9.92. The molecule has 1 N–H and O–H groups in total. The largest absolute Gasteiger partial charge is 0.512 e. The number of allylic oxidation sites excluding steroid dienone is 1. The van der Waals surface area contributed by atoms with Crippen LogP contribution in [0.5, 0.6) is 0 Å². The predicted molar refractivity (Wildman–Crippen MR) is 67.9 cm³/mol. The third-order valence-electron chi connectivity index (χ3n) is 2.82. The lowest BCUT2D eigenvalue weighted by molar-refractivity contribution is -0.115. The van der Waals surface area contributed by atoms with Crippen molar-refractivity contribution < 1.29 is 9.90 Å². The van der Waals surface area contributed by atoms with Gasteiger partial charge in [0.25, 0.3) is 5.91 Å². The van der Waals surface area contributed by atoms with E-state index in [1.807, 2.05) is 43.3 Å². The maximum atomic E-state index is 12.2. The molecule has 0 aromatic heterocycles. The third-order valence-corrected chi connectivity index (χ3v) is 2.82. The molecule has 0 spiro atoms. The zero-order chi connectivity index (χ0) is 12.4. The van der Waals surface area contributed by atoms with E-state index >= 15 is 0 Å². The number of amides is 1. The van der Waals surface area contributed by atoms with Gasteiger partial charge in [-0.2, -0.15) is 0 Å². The maximum absolute atomic E-state index is 12.2. The lowest BCUT2D eigenvalue weighted by atomic mass is 10.0. The van der Waals surface area contributed by atoms with Gasteiger partial charge in [0, 0.05) is 5.69 Å². The van der Waals surface area contributed by atoms with Crippen LogP contribution in [0.1, 0.15) is 13.8 Å². The minimum absolute atomic E-state index is 0.00648. The van der Waals surface area contributed by atoms with Crippen LogP contribution in [0.4, 0.5) is 5.69 Å². The molecule has 0 fully saturated rings. The number of hydrogen-bond acceptors (Lipinski definition) is 2. The van der Waals surface area contributed by atoms with Crippen molar-refractivity contribution in [2.45, 2.75) is 19.9 Å². The van der Waals surface area contributed by atoms with Gasteiger partial charge in [0.05, 0.1) is 11.6 Å². The summed E-state index contributed by atoms with van der Waals surface area (Å²) in [4.78, 5) is 13.9. The number of para-hydroxylation sites is 1. The van der Waals surface area contributed by atoms with E-state index in [9.17, 15) is 9.90 Å². The van der Waals surface area contributed by atoms with Crippen molar-refractivity contribution in [3.05, 3.63) is 53.8 Å². The first kappa shape index (κ1) is 11.5. The number of hydrogen-bond donors (Lipinski definition) is 1.